The molecule has 0 amide bonds. The van der Waals surface area contributed by atoms with E-state index in [-0.39, 0.29) is 0 Å². The molecule has 2 aromatic heterocycles. The Hall–Kier alpha value is -2.33. The van der Waals surface area contributed by atoms with Crippen LogP contribution in [-0.2, 0) is 0 Å². The fourth-order valence-corrected chi connectivity index (χ4v) is 3.26. The van der Waals surface area contributed by atoms with Crippen LogP contribution in [0, 0.1) is 0 Å². The Balaban J connectivity index is 2.01. The Kier molecular flexibility index (Phi) is 2.13. The maximum absolute atomic E-state index is 5.98. The molecule has 2 N–H and O–H groups in total. The van der Waals surface area contributed by atoms with Crippen molar-refractivity contribution in [3.8, 4) is 11.3 Å². The Morgan fingerprint density at radius 1 is 1.05 bits per heavy atom. The summed E-state index contributed by atoms with van der Waals surface area (Å²) in [5.74, 6) is 0.680. The number of anilines is 1. The molecular weight excluding hydrogens is 254 g/mol. The van der Waals surface area contributed by atoms with Crippen LogP contribution in [0.3, 0.4) is 0 Å². The summed E-state index contributed by atoms with van der Waals surface area (Å²) in [6.07, 6.45) is 1.70. The predicted molar refractivity (Wildman–Crippen MR) is 80.4 cm³/mol. The third-order valence-electron chi connectivity index (χ3n) is 3.32. The minimum atomic E-state index is 0.680. The molecule has 0 unspecified atom stereocenters. The van der Waals surface area contributed by atoms with Gasteiger partial charge in [0.15, 0.2) is 4.96 Å². The molecule has 0 bridgehead atoms. The Labute approximate surface area is 113 Å². The maximum Gasteiger partial charge on any atom is 0.195 e. The smallest absolute Gasteiger partial charge is 0.195 e. The van der Waals surface area contributed by atoms with Crippen molar-refractivity contribution in [2.24, 2.45) is 0 Å². The zero-order valence-corrected chi connectivity index (χ0v) is 10.9. The van der Waals surface area contributed by atoms with Gasteiger partial charge in [-0.05, 0) is 16.8 Å². The summed E-state index contributed by atoms with van der Waals surface area (Å²) >= 11 is 1.61. The van der Waals surface area contributed by atoms with Crippen LogP contribution in [0.2, 0.25) is 0 Å². The summed E-state index contributed by atoms with van der Waals surface area (Å²) in [5, 5.41) is 4.58. The number of thiazole rings is 1. The molecule has 4 heteroatoms. The lowest BCUT2D eigenvalue weighted by atomic mass is 10.1. The van der Waals surface area contributed by atoms with E-state index in [1.54, 1.807) is 17.5 Å². The predicted octanol–water partition coefficient (Wildman–Crippen LogP) is 3.80. The molecule has 0 aliphatic rings. The average molecular weight is 265 g/mol. The van der Waals surface area contributed by atoms with E-state index >= 15 is 0 Å². The number of hydrogen-bond acceptors (Lipinski definition) is 3. The van der Waals surface area contributed by atoms with Crippen molar-refractivity contribution in [3.63, 3.8) is 0 Å². The topological polar surface area (TPSA) is 43.3 Å². The highest BCUT2D eigenvalue weighted by molar-refractivity contribution is 7.15. The van der Waals surface area contributed by atoms with Gasteiger partial charge in [-0.15, -0.1) is 11.3 Å². The summed E-state index contributed by atoms with van der Waals surface area (Å²) < 4.78 is 1.99. The zero-order chi connectivity index (χ0) is 12.8. The number of imidazole rings is 1. The van der Waals surface area contributed by atoms with Crippen molar-refractivity contribution in [3.05, 3.63) is 54.0 Å². The van der Waals surface area contributed by atoms with E-state index in [9.17, 15) is 0 Å². The van der Waals surface area contributed by atoms with Gasteiger partial charge < -0.3 is 5.73 Å². The number of rotatable bonds is 1. The van der Waals surface area contributed by atoms with Crippen LogP contribution in [0.4, 0.5) is 5.82 Å². The molecule has 0 aliphatic heterocycles. The van der Waals surface area contributed by atoms with Crippen molar-refractivity contribution in [1.82, 2.24) is 9.38 Å². The highest BCUT2D eigenvalue weighted by atomic mass is 32.1. The summed E-state index contributed by atoms with van der Waals surface area (Å²) in [6, 6.07) is 14.8. The number of nitrogen functional groups attached to an aromatic ring is 1. The normalized spacial score (nSPS) is 11.4. The first kappa shape index (κ1) is 10.6. The van der Waals surface area contributed by atoms with E-state index < -0.39 is 0 Å². The van der Waals surface area contributed by atoms with Crippen LogP contribution in [0.5, 0.6) is 0 Å². The minimum Gasteiger partial charge on any atom is -0.383 e. The lowest BCUT2D eigenvalue weighted by Gasteiger charge is -2.04. The molecule has 0 fully saturated rings. The van der Waals surface area contributed by atoms with Crippen molar-refractivity contribution >= 4 is 32.9 Å². The van der Waals surface area contributed by atoms with Gasteiger partial charge in [0.1, 0.15) is 5.82 Å². The molecule has 2 aromatic carbocycles. The monoisotopic (exact) mass is 265 g/mol. The fourth-order valence-electron chi connectivity index (χ4n) is 2.38. The summed E-state index contributed by atoms with van der Waals surface area (Å²) in [5.41, 5.74) is 8.24. The van der Waals surface area contributed by atoms with E-state index in [1.807, 2.05) is 4.40 Å². The van der Waals surface area contributed by atoms with Crippen LogP contribution in [0.25, 0.3) is 27.0 Å². The van der Waals surface area contributed by atoms with E-state index in [0.717, 1.165) is 16.2 Å². The largest absolute Gasteiger partial charge is 0.383 e. The van der Waals surface area contributed by atoms with Gasteiger partial charge in [-0.1, -0.05) is 36.4 Å². The second kappa shape index (κ2) is 3.83. The fraction of sp³-hybridized carbons (Fsp3) is 0. The second-order valence-corrected chi connectivity index (χ2v) is 5.32. The van der Waals surface area contributed by atoms with Gasteiger partial charge in [-0.2, -0.15) is 0 Å². The summed E-state index contributed by atoms with van der Waals surface area (Å²) in [6.45, 7) is 0. The third kappa shape index (κ3) is 1.54. The molecule has 4 rings (SSSR count). The van der Waals surface area contributed by atoms with E-state index in [0.29, 0.717) is 5.82 Å². The quantitative estimate of drug-likeness (QED) is 0.569. The summed E-state index contributed by atoms with van der Waals surface area (Å²) in [4.78, 5) is 5.21. The zero-order valence-electron chi connectivity index (χ0n) is 10.1. The highest BCUT2D eigenvalue weighted by Crippen LogP contribution is 2.30. The van der Waals surface area contributed by atoms with Crippen molar-refractivity contribution in [2.45, 2.75) is 0 Å². The van der Waals surface area contributed by atoms with Gasteiger partial charge in [0, 0.05) is 10.9 Å². The first-order valence-electron chi connectivity index (χ1n) is 6.02. The van der Waals surface area contributed by atoms with Gasteiger partial charge >= 0.3 is 0 Å². The highest BCUT2D eigenvalue weighted by Gasteiger charge is 2.10. The van der Waals surface area contributed by atoms with E-state index in [2.05, 4.69) is 52.8 Å². The maximum atomic E-state index is 5.98. The number of hydrogen-bond donors (Lipinski definition) is 1. The Morgan fingerprint density at radius 2 is 1.89 bits per heavy atom. The van der Waals surface area contributed by atoms with Crippen molar-refractivity contribution < 1.29 is 0 Å². The van der Waals surface area contributed by atoms with Gasteiger partial charge in [0.2, 0.25) is 0 Å². The molecule has 92 valence electrons. The Bertz CT molecular complexity index is 889. The second-order valence-electron chi connectivity index (χ2n) is 4.48. The van der Waals surface area contributed by atoms with Crippen LogP contribution in [-0.4, -0.2) is 9.38 Å². The minimum absolute atomic E-state index is 0.680. The van der Waals surface area contributed by atoms with Gasteiger partial charge in [-0.3, -0.25) is 4.40 Å². The molecular formula is C15H11N3S. The lowest BCUT2D eigenvalue weighted by Crippen LogP contribution is -1.92. The third-order valence-corrected chi connectivity index (χ3v) is 4.16. The van der Waals surface area contributed by atoms with Crippen LogP contribution >= 0.6 is 11.3 Å². The number of nitrogens with zero attached hydrogens (tertiary/aromatic N) is 2. The molecule has 4 aromatic rings. The first-order chi connectivity index (χ1) is 9.33. The molecule has 0 radical (unpaired) electrons. The van der Waals surface area contributed by atoms with Crippen LogP contribution in [0.15, 0.2) is 54.0 Å². The van der Waals surface area contributed by atoms with Crippen molar-refractivity contribution in [1.29, 1.82) is 0 Å². The summed E-state index contributed by atoms with van der Waals surface area (Å²) in [7, 11) is 0. The molecule has 0 spiro atoms. The van der Waals surface area contributed by atoms with Gasteiger partial charge in [-0.25, -0.2) is 4.98 Å². The number of fused-ring (bicyclic) bond motifs is 2. The average Bonchev–Trinajstić information content (AvgIpc) is 3.02. The number of aromatic nitrogens is 2. The first-order valence-corrected chi connectivity index (χ1v) is 6.90. The molecule has 19 heavy (non-hydrogen) atoms. The molecule has 3 nitrogen and oxygen atoms in total. The molecule has 0 saturated carbocycles. The molecule has 0 saturated heterocycles. The Morgan fingerprint density at radius 3 is 2.79 bits per heavy atom. The number of nitrogens with two attached hydrogens (primary N) is 1. The lowest BCUT2D eigenvalue weighted by molar-refractivity contribution is 1.25. The SMILES string of the molecule is Nc1cnc2scc(-c3ccc4ccccc4c3)n12. The molecule has 0 atom stereocenters. The molecule has 2 heterocycles. The van der Waals surface area contributed by atoms with E-state index in [4.69, 9.17) is 5.73 Å². The van der Waals surface area contributed by atoms with Gasteiger partial charge in [0.05, 0.1) is 11.9 Å². The van der Waals surface area contributed by atoms with Gasteiger partial charge in [0.25, 0.3) is 0 Å². The van der Waals surface area contributed by atoms with Crippen molar-refractivity contribution in [2.75, 3.05) is 5.73 Å². The van der Waals surface area contributed by atoms with Crippen LogP contribution < -0.4 is 5.73 Å². The number of benzene rings is 2. The molecule has 0 aliphatic carbocycles. The van der Waals surface area contributed by atoms with E-state index in [1.165, 1.54) is 10.8 Å². The van der Waals surface area contributed by atoms with Crippen LogP contribution in [0.1, 0.15) is 0 Å². The standard InChI is InChI=1S/C15H11N3S/c16-14-8-17-15-18(14)13(9-19-15)12-6-5-10-3-1-2-4-11(10)7-12/h1-9H,16H2.